The number of amides is 2. The maximum absolute atomic E-state index is 12.3. The molecule has 132 valence electrons. The number of aliphatic carboxylic acids is 1. The molecule has 0 bridgehead atoms. The van der Waals surface area contributed by atoms with Gasteiger partial charge in [0.25, 0.3) is 5.91 Å². The lowest BCUT2D eigenvalue weighted by atomic mass is 9.83. The van der Waals surface area contributed by atoms with Crippen LogP contribution in [-0.4, -0.2) is 29.4 Å². The smallest absolute Gasteiger partial charge is 0.305 e. The van der Waals surface area contributed by atoms with Crippen molar-refractivity contribution in [3.63, 3.8) is 0 Å². The number of anilines is 1. The topological polar surface area (TPSA) is 95.5 Å². The van der Waals surface area contributed by atoms with E-state index in [0.717, 1.165) is 6.42 Å². The number of benzene rings is 1. The molecule has 0 radical (unpaired) electrons. The van der Waals surface area contributed by atoms with Crippen molar-refractivity contribution in [2.24, 2.45) is 11.3 Å². The van der Waals surface area contributed by atoms with Crippen molar-refractivity contribution in [1.29, 1.82) is 0 Å². The predicted molar refractivity (Wildman–Crippen MR) is 92.9 cm³/mol. The molecule has 0 saturated heterocycles. The first kappa shape index (κ1) is 19.7. The van der Waals surface area contributed by atoms with E-state index < -0.39 is 11.4 Å². The van der Waals surface area contributed by atoms with E-state index >= 15 is 0 Å². The lowest BCUT2D eigenvalue weighted by Crippen LogP contribution is -2.32. The zero-order valence-corrected chi connectivity index (χ0v) is 14.7. The Bertz CT molecular complexity index is 592. The standard InChI is InChI=1S/C18H26N2O4/c1-12(2)11-18(3,4)17(24)20-14-7-5-13(6-8-14)16(23)19-10-9-15(21)22/h5-8,12H,9-11H2,1-4H3,(H,19,23)(H,20,24)(H,21,22). The highest BCUT2D eigenvalue weighted by Crippen LogP contribution is 2.27. The van der Waals surface area contributed by atoms with E-state index in [0.29, 0.717) is 17.2 Å². The summed E-state index contributed by atoms with van der Waals surface area (Å²) in [6, 6.07) is 6.52. The Morgan fingerprint density at radius 2 is 1.71 bits per heavy atom. The van der Waals surface area contributed by atoms with Gasteiger partial charge in [0, 0.05) is 23.2 Å². The number of carboxylic acid groups (broad SMARTS) is 1. The summed E-state index contributed by atoms with van der Waals surface area (Å²) in [6.07, 6.45) is 0.660. The highest BCUT2D eigenvalue weighted by atomic mass is 16.4. The highest BCUT2D eigenvalue weighted by molar-refractivity contribution is 5.97. The molecule has 0 fully saturated rings. The van der Waals surface area contributed by atoms with Crippen molar-refractivity contribution < 1.29 is 19.5 Å². The second kappa shape index (κ2) is 8.47. The molecular weight excluding hydrogens is 308 g/mol. The number of nitrogens with one attached hydrogen (secondary N) is 2. The van der Waals surface area contributed by atoms with Gasteiger partial charge in [-0.3, -0.25) is 14.4 Å². The number of carbonyl (C=O) groups is 3. The number of carboxylic acids is 1. The monoisotopic (exact) mass is 334 g/mol. The normalized spacial score (nSPS) is 11.2. The van der Waals surface area contributed by atoms with E-state index in [1.807, 2.05) is 13.8 Å². The van der Waals surface area contributed by atoms with E-state index in [2.05, 4.69) is 24.5 Å². The quantitative estimate of drug-likeness (QED) is 0.681. The van der Waals surface area contributed by atoms with Gasteiger partial charge in [-0.25, -0.2) is 0 Å². The van der Waals surface area contributed by atoms with Crippen LogP contribution >= 0.6 is 0 Å². The van der Waals surface area contributed by atoms with Crippen molar-refractivity contribution in [2.75, 3.05) is 11.9 Å². The van der Waals surface area contributed by atoms with Crippen LogP contribution in [0.15, 0.2) is 24.3 Å². The molecule has 6 heteroatoms. The SMILES string of the molecule is CC(C)CC(C)(C)C(=O)Nc1ccc(C(=O)NCCC(=O)O)cc1. The third-order valence-electron chi connectivity index (χ3n) is 3.56. The molecule has 0 saturated carbocycles. The van der Waals surface area contributed by atoms with Crippen LogP contribution in [0.2, 0.25) is 0 Å². The molecule has 0 unspecified atom stereocenters. The maximum Gasteiger partial charge on any atom is 0.305 e. The van der Waals surface area contributed by atoms with Gasteiger partial charge in [-0.15, -0.1) is 0 Å². The summed E-state index contributed by atoms with van der Waals surface area (Å²) in [5.41, 5.74) is 0.569. The number of rotatable bonds is 8. The average molecular weight is 334 g/mol. The molecule has 0 atom stereocenters. The zero-order valence-electron chi connectivity index (χ0n) is 14.7. The lowest BCUT2D eigenvalue weighted by molar-refractivity contribution is -0.136. The molecule has 24 heavy (non-hydrogen) atoms. The van der Waals surface area contributed by atoms with Gasteiger partial charge in [-0.2, -0.15) is 0 Å². The first-order valence-electron chi connectivity index (χ1n) is 8.03. The fraction of sp³-hybridized carbons (Fsp3) is 0.500. The van der Waals surface area contributed by atoms with Crippen LogP contribution in [0.25, 0.3) is 0 Å². The summed E-state index contributed by atoms with van der Waals surface area (Å²) in [5, 5.41) is 13.9. The van der Waals surface area contributed by atoms with Crippen molar-refractivity contribution >= 4 is 23.5 Å². The summed E-state index contributed by atoms with van der Waals surface area (Å²) in [4.78, 5) is 34.6. The van der Waals surface area contributed by atoms with Crippen LogP contribution in [0.4, 0.5) is 5.69 Å². The molecule has 1 aromatic carbocycles. The fourth-order valence-corrected chi connectivity index (χ4v) is 2.50. The minimum Gasteiger partial charge on any atom is -0.481 e. The van der Waals surface area contributed by atoms with Crippen LogP contribution in [0.5, 0.6) is 0 Å². The molecular formula is C18H26N2O4. The molecule has 0 aliphatic rings. The summed E-state index contributed by atoms with van der Waals surface area (Å²) in [6.45, 7) is 8.05. The average Bonchev–Trinajstić information content (AvgIpc) is 2.46. The molecule has 2 amide bonds. The second-order valence-electron chi connectivity index (χ2n) is 6.91. The van der Waals surface area contributed by atoms with Gasteiger partial charge in [0.2, 0.25) is 5.91 Å². The minimum atomic E-state index is -0.961. The van der Waals surface area contributed by atoms with Gasteiger partial charge in [-0.1, -0.05) is 27.7 Å². The van der Waals surface area contributed by atoms with Crippen LogP contribution in [0.1, 0.15) is 50.9 Å². The van der Waals surface area contributed by atoms with E-state index in [9.17, 15) is 14.4 Å². The summed E-state index contributed by atoms with van der Waals surface area (Å²) >= 11 is 0. The third kappa shape index (κ3) is 6.40. The van der Waals surface area contributed by atoms with E-state index in [4.69, 9.17) is 5.11 Å². The van der Waals surface area contributed by atoms with Gasteiger partial charge < -0.3 is 15.7 Å². The molecule has 1 aromatic rings. The molecule has 0 spiro atoms. The van der Waals surface area contributed by atoms with Gasteiger partial charge in [-0.05, 0) is 36.6 Å². The van der Waals surface area contributed by atoms with Crippen LogP contribution in [-0.2, 0) is 9.59 Å². The van der Waals surface area contributed by atoms with Crippen LogP contribution in [0, 0.1) is 11.3 Å². The lowest BCUT2D eigenvalue weighted by Gasteiger charge is -2.25. The Labute approximate surface area is 142 Å². The van der Waals surface area contributed by atoms with Gasteiger partial charge in [0.1, 0.15) is 0 Å². The van der Waals surface area contributed by atoms with Crippen molar-refractivity contribution in [1.82, 2.24) is 5.32 Å². The first-order valence-corrected chi connectivity index (χ1v) is 8.03. The summed E-state index contributed by atoms with van der Waals surface area (Å²) in [7, 11) is 0. The highest BCUT2D eigenvalue weighted by Gasteiger charge is 2.28. The van der Waals surface area contributed by atoms with E-state index in [1.165, 1.54) is 0 Å². The van der Waals surface area contributed by atoms with Crippen LogP contribution in [0.3, 0.4) is 0 Å². The van der Waals surface area contributed by atoms with Gasteiger partial charge >= 0.3 is 5.97 Å². The Morgan fingerprint density at radius 3 is 2.21 bits per heavy atom. The molecule has 0 aliphatic carbocycles. The Morgan fingerprint density at radius 1 is 1.12 bits per heavy atom. The second-order valence-corrected chi connectivity index (χ2v) is 6.91. The minimum absolute atomic E-state index is 0.0603. The van der Waals surface area contributed by atoms with Gasteiger partial charge in [0.05, 0.1) is 6.42 Å². The third-order valence-corrected chi connectivity index (χ3v) is 3.56. The number of hydrogen-bond acceptors (Lipinski definition) is 3. The molecule has 0 aliphatic heterocycles. The Hall–Kier alpha value is -2.37. The van der Waals surface area contributed by atoms with E-state index in [1.54, 1.807) is 24.3 Å². The largest absolute Gasteiger partial charge is 0.481 e. The Balaban J connectivity index is 2.62. The molecule has 6 nitrogen and oxygen atoms in total. The summed E-state index contributed by atoms with van der Waals surface area (Å²) < 4.78 is 0. The predicted octanol–water partition coefficient (Wildman–Crippen LogP) is 2.90. The van der Waals surface area contributed by atoms with Crippen molar-refractivity contribution in [3.8, 4) is 0 Å². The first-order chi connectivity index (χ1) is 11.1. The Kier molecular flexibility index (Phi) is 6.95. The molecule has 0 aromatic heterocycles. The van der Waals surface area contributed by atoms with Gasteiger partial charge in [0.15, 0.2) is 0 Å². The van der Waals surface area contributed by atoms with Crippen molar-refractivity contribution in [3.05, 3.63) is 29.8 Å². The number of carbonyl (C=O) groups excluding carboxylic acids is 2. The fourth-order valence-electron chi connectivity index (χ4n) is 2.50. The van der Waals surface area contributed by atoms with Crippen molar-refractivity contribution in [2.45, 2.75) is 40.5 Å². The zero-order chi connectivity index (χ0) is 18.3. The van der Waals surface area contributed by atoms with E-state index in [-0.39, 0.29) is 24.8 Å². The maximum atomic E-state index is 12.3. The number of hydrogen-bond donors (Lipinski definition) is 3. The molecule has 3 N–H and O–H groups in total. The molecule has 0 heterocycles. The van der Waals surface area contributed by atoms with Crippen LogP contribution < -0.4 is 10.6 Å². The molecule has 1 rings (SSSR count). The summed E-state index contributed by atoms with van der Waals surface area (Å²) in [5.74, 6) is -0.941.